The molecule has 2 heterocycles. The zero-order chi connectivity index (χ0) is 16.7. The summed E-state index contributed by atoms with van der Waals surface area (Å²) in [5.74, 6) is 0.232. The Balaban J connectivity index is 1.37. The monoisotopic (exact) mass is 394 g/mol. The fraction of sp³-hybridized carbons (Fsp3) is 0.632. The molecule has 130 valence electrons. The van der Waals surface area contributed by atoms with E-state index in [-0.39, 0.29) is 5.82 Å². The van der Waals surface area contributed by atoms with Gasteiger partial charge in [0.25, 0.3) is 0 Å². The van der Waals surface area contributed by atoms with Crippen molar-refractivity contribution in [3.8, 4) is 0 Å². The number of nitrogens with zero attached hydrogens (tertiary/aromatic N) is 2. The van der Waals surface area contributed by atoms with Crippen molar-refractivity contribution in [1.82, 2.24) is 9.80 Å². The summed E-state index contributed by atoms with van der Waals surface area (Å²) in [6.07, 6.45) is 6.39. The smallest absolute Gasteiger partial charge is 0.222 e. The molecule has 0 unspecified atom stereocenters. The number of halogens is 2. The van der Waals surface area contributed by atoms with Crippen molar-refractivity contribution in [3.05, 3.63) is 34.1 Å². The zero-order valence-corrected chi connectivity index (χ0v) is 15.5. The average molecular weight is 395 g/mol. The van der Waals surface area contributed by atoms with Gasteiger partial charge in [-0.1, -0.05) is 22.0 Å². The van der Waals surface area contributed by atoms with Crippen molar-refractivity contribution in [2.75, 3.05) is 19.6 Å². The van der Waals surface area contributed by atoms with E-state index in [4.69, 9.17) is 0 Å². The molecule has 3 nitrogen and oxygen atoms in total. The van der Waals surface area contributed by atoms with Gasteiger partial charge < -0.3 is 4.90 Å². The summed E-state index contributed by atoms with van der Waals surface area (Å²) in [5, 5.41) is 0. The Kier molecular flexibility index (Phi) is 4.42. The molecule has 1 spiro atoms. The third kappa shape index (κ3) is 3.38. The average Bonchev–Trinajstić information content (AvgIpc) is 3.40. The van der Waals surface area contributed by atoms with Gasteiger partial charge in [-0.15, -0.1) is 0 Å². The topological polar surface area (TPSA) is 23.6 Å². The molecule has 1 saturated carbocycles. The van der Waals surface area contributed by atoms with E-state index >= 15 is 0 Å². The van der Waals surface area contributed by atoms with Gasteiger partial charge >= 0.3 is 0 Å². The number of likely N-dealkylation sites (tertiary alicyclic amines) is 2. The van der Waals surface area contributed by atoms with Crippen molar-refractivity contribution >= 4 is 21.8 Å². The summed E-state index contributed by atoms with van der Waals surface area (Å²) < 4.78 is 14.8. The fourth-order valence-corrected chi connectivity index (χ4v) is 4.58. The number of rotatable bonds is 3. The van der Waals surface area contributed by atoms with E-state index in [0.717, 1.165) is 55.4 Å². The number of benzene rings is 1. The number of amides is 1. The molecule has 4 rings (SSSR count). The van der Waals surface area contributed by atoms with Crippen LogP contribution in [0.4, 0.5) is 4.39 Å². The molecule has 1 aromatic carbocycles. The van der Waals surface area contributed by atoms with Crippen molar-refractivity contribution in [2.24, 2.45) is 5.41 Å². The molecule has 3 fully saturated rings. The van der Waals surface area contributed by atoms with Crippen LogP contribution in [0.1, 0.15) is 44.1 Å². The maximum absolute atomic E-state index is 14.0. The van der Waals surface area contributed by atoms with Crippen LogP contribution in [0, 0.1) is 11.2 Å². The highest BCUT2D eigenvalue weighted by atomic mass is 79.9. The van der Waals surface area contributed by atoms with Gasteiger partial charge in [-0.05, 0) is 62.7 Å². The summed E-state index contributed by atoms with van der Waals surface area (Å²) >= 11 is 3.31. The predicted molar refractivity (Wildman–Crippen MR) is 95.0 cm³/mol. The fourth-order valence-electron chi connectivity index (χ4n) is 4.25. The molecular formula is C19H24BrFN2O. The van der Waals surface area contributed by atoms with E-state index in [1.807, 2.05) is 12.1 Å². The van der Waals surface area contributed by atoms with Gasteiger partial charge in [0.1, 0.15) is 5.82 Å². The lowest BCUT2D eigenvalue weighted by Gasteiger charge is -2.47. The van der Waals surface area contributed by atoms with Crippen molar-refractivity contribution < 1.29 is 9.18 Å². The molecule has 0 aromatic heterocycles. The molecule has 5 heteroatoms. The minimum atomic E-state index is -0.132. The van der Waals surface area contributed by atoms with Crippen LogP contribution >= 0.6 is 15.9 Å². The third-order valence-corrected chi connectivity index (χ3v) is 6.50. The summed E-state index contributed by atoms with van der Waals surface area (Å²) in [4.78, 5) is 16.7. The first kappa shape index (κ1) is 16.5. The van der Waals surface area contributed by atoms with Crippen molar-refractivity contribution in [2.45, 2.75) is 51.1 Å². The van der Waals surface area contributed by atoms with Gasteiger partial charge in [-0.25, -0.2) is 4.39 Å². The molecule has 2 aliphatic heterocycles. The summed E-state index contributed by atoms with van der Waals surface area (Å²) in [5.41, 5.74) is 1.08. The van der Waals surface area contributed by atoms with Gasteiger partial charge in [0.2, 0.25) is 5.91 Å². The highest BCUT2D eigenvalue weighted by molar-refractivity contribution is 9.10. The molecule has 0 radical (unpaired) electrons. The minimum absolute atomic E-state index is 0.132. The highest BCUT2D eigenvalue weighted by Gasteiger charge is 2.45. The molecule has 24 heavy (non-hydrogen) atoms. The molecule has 0 bridgehead atoms. The zero-order valence-electron chi connectivity index (χ0n) is 13.9. The van der Waals surface area contributed by atoms with Crippen molar-refractivity contribution in [1.29, 1.82) is 0 Å². The van der Waals surface area contributed by atoms with Crippen LogP contribution in [0.2, 0.25) is 0 Å². The van der Waals surface area contributed by atoms with Gasteiger partial charge in [-0.3, -0.25) is 9.69 Å². The van der Waals surface area contributed by atoms with Gasteiger partial charge in [0.15, 0.2) is 0 Å². The molecule has 0 N–H and O–H groups in total. The number of hydrogen-bond donors (Lipinski definition) is 0. The first-order valence-electron chi connectivity index (χ1n) is 9.00. The largest absolute Gasteiger partial charge is 0.339 e. The summed E-state index contributed by atoms with van der Waals surface area (Å²) in [6.45, 7) is 3.64. The Labute approximate surface area is 151 Å². The molecule has 2 saturated heterocycles. The molecular weight excluding hydrogens is 371 g/mol. The van der Waals surface area contributed by atoms with Gasteiger partial charge in [0, 0.05) is 35.6 Å². The standard InChI is InChI=1S/C19H24BrFN2O/c20-15-2-1-14(17(21)11-15)12-22-9-7-19(8-10-22)6-5-18(24)23(13-19)16-3-4-16/h1-2,11,16H,3-10,12-13H2. The van der Waals surface area contributed by atoms with Crippen LogP contribution in [0.15, 0.2) is 22.7 Å². The number of carbonyl (C=O) groups is 1. The Bertz CT molecular complexity index is 638. The molecule has 0 atom stereocenters. The summed E-state index contributed by atoms with van der Waals surface area (Å²) in [7, 11) is 0. The van der Waals surface area contributed by atoms with Crippen LogP contribution in [0.25, 0.3) is 0 Å². The van der Waals surface area contributed by atoms with Crippen LogP contribution < -0.4 is 0 Å². The van der Waals surface area contributed by atoms with E-state index in [9.17, 15) is 9.18 Å². The van der Waals surface area contributed by atoms with E-state index in [0.29, 0.717) is 23.9 Å². The van der Waals surface area contributed by atoms with E-state index in [1.165, 1.54) is 12.8 Å². The summed E-state index contributed by atoms with van der Waals surface area (Å²) in [6, 6.07) is 5.85. The van der Waals surface area contributed by atoms with E-state index in [1.54, 1.807) is 6.07 Å². The van der Waals surface area contributed by atoms with Gasteiger partial charge in [0.05, 0.1) is 0 Å². The third-order valence-electron chi connectivity index (χ3n) is 6.01. The Morgan fingerprint density at radius 2 is 1.96 bits per heavy atom. The van der Waals surface area contributed by atoms with Crippen molar-refractivity contribution in [3.63, 3.8) is 0 Å². The SMILES string of the molecule is O=C1CCC2(CCN(Cc3ccc(Br)cc3F)CC2)CN1C1CC1. The molecule has 1 aliphatic carbocycles. The highest BCUT2D eigenvalue weighted by Crippen LogP contribution is 2.43. The Hall–Kier alpha value is -0.940. The van der Waals surface area contributed by atoms with Crippen LogP contribution in [-0.2, 0) is 11.3 Å². The number of hydrogen-bond acceptors (Lipinski definition) is 2. The van der Waals surface area contributed by atoms with E-state index in [2.05, 4.69) is 25.7 Å². The quantitative estimate of drug-likeness (QED) is 0.774. The van der Waals surface area contributed by atoms with Crippen LogP contribution in [0.3, 0.4) is 0 Å². The molecule has 1 aromatic rings. The minimum Gasteiger partial charge on any atom is -0.339 e. The first-order valence-corrected chi connectivity index (χ1v) is 9.80. The first-order chi connectivity index (χ1) is 11.5. The molecule has 1 amide bonds. The number of carbonyl (C=O) groups excluding carboxylic acids is 1. The second-order valence-corrected chi connectivity index (χ2v) is 8.68. The lowest BCUT2D eigenvalue weighted by atomic mass is 9.72. The maximum Gasteiger partial charge on any atom is 0.222 e. The second kappa shape index (κ2) is 6.41. The van der Waals surface area contributed by atoms with Crippen LogP contribution in [0.5, 0.6) is 0 Å². The Morgan fingerprint density at radius 1 is 1.21 bits per heavy atom. The maximum atomic E-state index is 14.0. The van der Waals surface area contributed by atoms with Gasteiger partial charge in [-0.2, -0.15) is 0 Å². The molecule has 3 aliphatic rings. The lowest BCUT2D eigenvalue weighted by molar-refractivity contribution is -0.139. The lowest BCUT2D eigenvalue weighted by Crippen LogP contribution is -2.52. The normalized spacial score (nSPS) is 24.6. The predicted octanol–water partition coefficient (Wildman–Crippen LogP) is 3.96. The Morgan fingerprint density at radius 3 is 2.62 bits per heavy atom. The number of piperidine rings is 2. The van der Waals surface area contributed by atoms with E-state index < -0.39 is 0 Å². The second-order valence-electron chi connectivity index (χ2n) is 7.76. The van der Waals surface area contributed by atoms with Crippen LogP contribution in [-0.4, -0.2) is 41.4 Å².